The molecule has 0 bridgehead atoms. The molecule has 11 heteroatoms. The summed E-state index contributed by atoms with van der Waals surface area (Å²) in [6, 6.07) is 4.83. The molecule has 2 aromatic rings. The maximum Gasteiger partial charge on any atom is 0.237 e. The van der Waals surface area contributed by atoms with Crippen molar-refractivity contribution in [2.24, 2.45) is 5.41 Å². The highest BCUT2D eigenvalue weighted by atomic mass is 35.5. The summed E-state index contributed by atoms with van der Waals surface area (Å²) in [5.41, 5.74) is -0.740. The third kappa shape index (κ3) is 4.95. The quantitative estimate of drug-likeness (QED) is 0.374. The van der Waals surface area contributed by atoms with Gasteiger partial charge in [-0.1, -0.05) is 50.0 Å². The summed E-state index contributed by atoms with van der Waals surface area (Å²) >= 11 is 12.2. The van der Waals surface area contributed by atoms with Gasteiger partial charge in [0.05, 0.1) is 28.8 Å². The van der Waals surface area contributed by atoms with Crippen LogP contribution >= 0.6 is 23.2 Å². The highest BCUT2D eigenvalue weighted by molar-refractivity contribution is 6.31. The molecule has 200 valence electrons. The molecule has 4 rings (SSSR count). The Balaban J connectivity index is 1.95. The topological polar surface area (TPSA) is 111 Å². The van der Waals surface area contributed by atoms with E-state index in [9.17, 15) is 23.5 Å². The number of aliphatic hydroxyl groups is 2. The second kappa shape index (κ2) is 10.1. The van der Waals surface area contributed by atoms with Crippen LogP contribution in [0.3, 0.4) is 0 Å². The van der Waals surface area contributed by atoms with Crippen LogP contribution in [0.5, 0.6) is 0 Å². The lowest BCUT2D eigenvalue weighted by Gasteiger charge is -2.37. The SMILES string of the molecule is CC(C)(C)C[C@H]1N[C@@H](C(=O)NC[C@@H](O)CO)[C@H](c2ccc(F)c(Cl)c2)[C@@]12C(=O)Nc1cc(Cl)c(F)cc12. The van der Waals surface area contributed by atoms with Gasteiger partial charge in [-0.15, -0.1) is 0 Å². The van der Waals surface area contributed by atoms with Gasteiger partial charge in [-0.3, -0.25) is 9.59 Å². The minimum absolute atomic E-state index is 0.164. The van der Waals surface area contributed by atoms with E-state index in [1.165, 1.54) is 24.3 Å². The number of hydrogen-bond donors (Lipinski definition) is 5. The van der Waals surface area contributed by atoms with Crippen LogP contribution in [0.4, 0.5) is 14.5 Å². The number of carbonyl (C=O) groups is 2. The second-order valence-corrected chi connectivity index (χ2v) is 11.6. The lowest BCUT2D eigenvalue weighted by atomic mass is 9.62. The summed E-state index contributed by atoms with van der Waals surface area (Å²) in [4.78, 5) is 27.5. The van der Waals surface area contributed by atoms with E-state index in [4.69, 9.17) is 28.3 Å². The lowest BCUT2D eigenvalue weighted by molar-refractivity contribution is -0.124. The van der Waals surface area contributed by atoms with Crippen molar-refractivity contribution in [1.82, 2.24) is 10.6 Å². The van der Waals surface area contributed by atoms with E-state index in [1.807, 2.05) is 20.8 Å². The van der Waals surface area contributed by atoms with Crippen LogP contribution in [0.15, 0.2) is 30.3 Å². The van der Waals surface area contributed by atoms with Gasteiger partial charge in [-0.25, -0.2) is 8.78 Å². The summed E-state index contributed by atoms with van der Waals surface area (Å²) in [5.74, 6) is -3.34. The zero-order chi connectivity index (χ0) is 27.3. The molecular weight excluding hydrogens is 527 g/mol. The molecule has 0 unspecified atom stereocenters. The number of anilines is 1. The molecule has 0 aromatic heterocycles. The van der Waals surface area contributed by atoms with E-state index in [-0.39, 0.29) is 22.0 Å². The summed E-state index contributed by atoms with van der Waals surface area (Å²) in [5, 5.41) is 27.3. The van der Waals surface area contributed by atoms with Crippen molar-refractivity contribution >= 4 is 40.7 Å². The van der Waals surface area contributed by atoms with Gasteiger partial charge >= 0.3 is 0 Å². The first-order chi connectivity index (χ1) is 17.3. The largest absolute Gasteiger partial charge is 0.394 e. The van der Waals surface area contributed by atoms with Crippen LogP contribution in [0.25, 0.3) is 0 Å². The van der Waals surface area contributed by atoms with E-state index in [2.05, 4.69) is 16.0 Å². The fraction of sp³-hybridized carbons (Fsp3) is 0.462. The maximum atomic E-state index is 14.9. The number of hydrogen-bond acceptors (Lipinski definition) is 5. The Morgan fingerprint density at radius 2 is 1.84 bits per heavy atom. The fourth-order valence-electron chi connectivity index (χ4n) is 5.53. The van der Waals surface area contributed by atoms with Crippen LogP contribution in [0.2, 0.25) is 10.0 Å². The van der Waals surface area contributed by atoms with Crippen LogP contribution in [-0.4, -0.2) is 53.4 Å². The van der Waals surface area contributed by atoms with Crippen molar-refractivity contribution in [2.45, 2.75) is 56.7 Å². The van der Waals surface area contributed by atoms with Gasteiger partial charge in [-0.05, 0) is 47.2 Å². The Bertz CT molecular complexity index is 1240. The van der Waals surface area contributed by atoms with Crippen LogP contribution in [0.1, 0.15) is 44.2 Å². The van der Waals surface area contributed by atoms with E-state index >= 15 is 0 Å². The zero-order valence-corrected chi connectivity index (χ0v) is 22.1. The highest BCUT2D eigenvalue weighted by Crippen LogP contribution is 2.57. The summed E-state index contributed by atoms with van der Waals surface area (Å²) in [6.07, 6.45) is -0.770. The molecule has 2 aliphatic rings. The molecule has 0 radical (unpaired) electrons. The normalized spacial score (nSPS) is 25.8. The van der Waals surface area contributed by atoms with Crippen molar-refractivity contribution in [3.63, 3.8) is 0 Å². The van der Waals surface area contributed by atoms with Gasteiger partial charge in [0.2, 0.25) is 11.8 Å². The molecule has 0 aliphatic carbocycles. The Hall–Kier alpha value is -2.30. The predicted octanol–water partition coefficient (Wildman–Crippen LogP) is 3.49. The first-order valence-corrected chi connectivity index (χ1v) is 12.6. The number of benzene rings is 2. The van der Waals surface area contributed by atoms with Gasteiger partial charge < -0.3 is 26.2 Å². The molecule has 1 saturated heterocycles. The molecule has 37 heavy (non-hydrogen) atoms. The van der Waals surface area contributed by atoms with Gasteiger partial charge in [0.25, 0.3) is 0 Å². The molecule has 1 spiro atoms. The molecule has 2 aromatic carbocycles. The molecule has 5 atom stereocenters. The lowest BCUT2D eigenvalue weighted by Crippen LogP contribution is -2.49. The number of carbonyl (C=O) groups excluding carboxylic acids is 2. The smallest absolute Gasteiger partial charge is 0.237 e. The van der Waals surface area contributed by atoms with Crippen molar-refractivity contribution in [2.75, 3.05) is 18.5 Å². The van der Waals surface area contributed by atoms with E-state index in [0.717, 1.165) is 6.07 Å². The van der Waals surface area contributed by atoms with E-state index < -0.39 is 59.6 Å². The van der Waals surface area contributed by atoms with Crippen molar-refractivity contribution in [3.05, 3.63) is 63.1 Å². The Morgan fingerprint density at radius 1 is 1.16 bits per heavy atom. The Kier molecular flexibility index (Phi) is 7.58. The molecule has 2 aliphatic heterocycles. The number of halogens is 4. The van der Waals surface area contributed by atoms with E-state index in [1.54, 1.807) is 0 Å². The second-order valence-electron chi connectivity index (χ2n) is 10.8. The molecule has 2 heterocycles. The number of fused-ring (bicyclic) bond motifs is 2. The number of rotatable bonds is 6. The number of aliphatic hydroxyl groups excluding tert-OH is 2. The van der Waals surface area contributed by atoms with Crippen LogP contribution in [-0.2, 0) is 15.0 Å². The zero-order valence-electron chi connectivity index (χ0n) is 20.5. The summed E-state index contributed by atoms with van der Waals surface area (Å²) in [6.45, 7) is 5.16. The highest BCUT2D eigenvalue weighted by Gasteiger charge is 2.66. The maximum absolute atomic E-state index is 14.9. The summed E-state index contributed by atoms with van der Waals surface area (Å²) < 4.78 is 29.0. The average molecular weight is 556 g/mol. The molecule has 1 fully saturated rings. The minimum Gasteiger partial charge on any atom is -0.394 e. The first kappa shape index (κ1) is 27.7. The molecule has 2 amide bonds. The molecule has 0 saturated carbocycles. The minimum atomic E-state index is -1.48. The third-order valence-electron chi connectivity index (χ3n) is 7.01. The first-order valence-electron chi connectivity index (χ1n) is 11.9. The Morgan fingerprint density at radius 3 is 2.46 bits per heavy atom. The average Bonchev–Trinajstić information content (AvgIpc) is 3.28. The summed E-state index contributed by atoms with van der Waals surface area (Å²) in [7, 11) is 0. The van der Waals surface area contributed by atoms with E-state index in [0.29, 0.717) is 23.2 Å². The van der Waals surface area contributed by atoms with Crippen molar-refractivity contribution in [1.29, 1.82) is 0 Å². The third-order valence-corrected chi connectivity index (χ3v) is 7.59. The van der Waals surface area contributed by atoms with Crippen molar-refractivity contribution in [3.8, 4) is 0 Å². The van der Waals surface area contributed by atoms with Gasteiger partial charge in [-0.2, -0.15) is 0 Å². The number of amides is 2. The number of nitrogens with one attached hydrogen (secondary N) is 3. The van der Waals surface area contributed by atoms with Gasteiger partial charge in [0.15, 0.2) is 0 Å². The van der Waals surface area contributed by atoms with Crippen LogP contribution < -0.4 is 16.0 Å². The Labute approximate surface area is 223 Å². The van der Waals surface area contributed by atoms with Crippen molar-refractivity contribution < 1.29 is 28.6 Å². The molecule has 7 nitrogen and oxygen atoms in total. The standard InChI is InChI=1S/C26H29Cl2F2N3O4/c1-25(2,3)9-20-26(14-7-18(30)16(28)8-19(14)32-24(26)37)21(12-4-5-17(29)15(27)6-12)22(33-20)23(36)31-10-13(35)11-34/h4-8,13,20-22,33-35H,9-11H2,1-3H3,(H,31,36)(H,32,37)/t13-,20-,21+,22-,26+/m1/s1. The van der Waals surface area contributed by atoms with Gasteiger partial charge in [0.1, 0.15) is 17.0 Å². The fourth-order valence-corrected chi connectivity index (χ4v) is 5.89. The molecular formula is C26H29Cl2F2N3O4. The van der Waals surface area contributed by atoms with Gasteiger partial charge in [0, 0.05) is 24.2 Å². The predicted molar refractivity (Wildman–Crippen MR) is 137 cm³/mol. The van der Waals surface area contributed by atoms with Crippen LogP contribution in [0, 0.1) is 17.0 Å². The monoisotopic (exact) mass is 555 g/mol. The molecule has 5 N–H and O–H groups in total.